The Bertz CT molecular complexity index is 1060. The van der Waals surface area contributed by atoms with Crippen LogP contribution in [0.1, 0.15) is 42.6 Å². The van der Waals surface area contributed by atoms with E-state index in [1.165, 1.54) is 18.7 Å². The Hall–Kier alpha value is -3.01. The second kappa shape index (κ2) is 8.39. The van der Waals surface area contributed by atoms with Gasteiger partial charge in [0.15, 0.2) is 5.69 Å². The number of anilines is 2. The number of aryl methyl sites for hydroxylation is 1. The van der Waals surface area contributed by atoms with Gasteiger partial charge in [0.2, 0.25) is 5.88 Å². The number of nitrogens with one attached hydrogen (secondary N) is 1. The Morgan fingerprint density at radius 1 is 1.27 bits per heavy atom. The molecule has 10 heteroatoms. The molecule has 3 N–H and O–H groups in total. The molecule has 0 unspecified atom stereocenters. The lowest BCUT2D eigenvalue weighted by Gasteiger charge is -2.23. The van der Waals surface area contributed by atoms with E-state index in [4.69, 9.17) is 10.5 Å². The quantitative estimate of drug-likeness (QED) is 0.623. The highest BCUT2D eigenvalue weighted by molar-refractivity contribution is 7.19. The van der Waals surface area contributed by atoms with Gasteiger partial charge in [-0.25, -0.2) is 18.4 Å². The summed E-state index contributed by atoms with van der Waals surface area (Å²) >= 11 is 0.846. The van der Waals surface area contributed by atoms with Gasteiger partial charge in [0.1, 0.15) is 33.4 Å². The highest BCUT2D eigenvalue weighted by atomic mass is 32.1. The molecule has 0 aliphatic heterocycles. The lowest BCUT2D eigenvalue weighted by molar-refractivity contribution is 0.102. The first kappa shape index (κ1) is 20.3. The lowest BCUT2D eigenvalue weighted by atomic mass is 9.98. The SMILES string of the molecule is Cn1ncc(NC(=O)c2nc(-c3c(F)cccc3F)sc2N)c1OC1CCCCC1. The van der Waals surface area contributed by atoms with Crippen molar-refractivity contribution in [2.45, 2.75) is 38.2 Å². The van der Waals surface area contributed by atoms with Crippen molar-refractivity contribution in [3.8, 4) is 16.5 Å². The second-order valence-corrected chi connectivity index (χ2v) is 8.18. The number of hydrogen-bond donors (Lipinski definition) is 2. The first-order valence-electron chi connectivity index (χ1n) is 9.64. The molecule has 1 aromatic carbocycles. The first-order chi connectivity index (χ1) is 14.4. The number of nitrogens with two attached hydrogens (primary N) is 1. The lowest BCUT2D eigenvalue weighted by Crippen LogP contribution is -2.22. The van der Waals surface area contributed by atoms with Crippen LogP contribution < -0.4 is 15.8 Å². The van der Waals surface area contributed by atoms with Crippen molar-refractivity contribution in [1.82, 2.24) is 14.8 Å². The first-order valence-corrected chi connectivity index (χ1v) is 10.5. The number of benzene rings is 1. The van der Waals surface area contributed by atoms with E-state index in [0.29, 0.717) is 11.6 Å². The Balaban J connectivity index is 1.56. The van der Waals surface area contributed by atoms with Gasteiger partial charge in [-0.05, 0) is 37.8 Å². The molecule has 0 saturated heterocycles. The van der Waals surface area contributed by atoms with Gasteiger partial charge >= 0.3 is 0 Å². The molecule has 0 spiro atoms. The van der Waals surface area contributed by atoms with E-state index >= 15 is 0 Å². The minimum Gasteiger partial charge on any atom is -0.473 e. The summed E-state index contributed by atoms with van der Waals surface area (Å²) in [5.74, 6) is -1.70. The number of carbonyl (C=O) groups excluding carboxylic acids is 1. The van der Waals surface area contributed by atoms with Gasteiger partial charge in [-0.1, -0.05) is 23.8 Å². The molecule has 158 valence electrons. The summed E-state index contributed by atoms with van der Waals surface area (Å²) in [5.41, 5.74) is 5.90. The average Bonchev–Trinajstić information content (AvgIpc) is 3.26. The number of amides is 1. The molecule has 3 aromatic rings. The summed E-state index contributed by atoms with van der Waals surface area (Å²) < 4.78 is 35.7. The molecule has 1 fully saturated rings. The summed E-state index contributed by atoms with van der Waals surface area (Å²) in [6.07, 6.45) is 6.87. The number of hydrogen-bond acceptors (Lipinski definition) is 6. The van der Waals surface area contributed by atoms with Crippen LogP contribution in [0.25, 0.3) is 10.6 Å². The Kier molecular flexibility index (Phi) is 5.67. The molecule has 30 heavy (non-hydrogen) atoms. The number of aromatic nitrogens is 3. The van der Waals surface area contributed by atoms with Crippen LogP contribution in [0.3, 0.4) is 0 Å². The maximum Gasteiger partial charge on any atom is 0.277 e. The van der Waals surface area contributed by atoms with Crippen molar-refractivity contribution in [1.29, 1.82) is 0 Å². The molecular formula is C20H21F2N5O2S. The van der Waals surface area contributed by atoms with Crippen molar-refractivity contribution < 1.29 is 18.3 Å². The Morgan fingerprint density at radius 3 is 2.67 bits per heavy atom. The van der Waals surface area contributed by atoms with Crippen LogP contribution in [0.5, 0.6) is 5.88 Å². The summed E-state index contributed by atoms with van der Waals surface area (Å²) in [6, 6.07) is 3.51. The third-order valence-electron chi connectivity index (χ3n) is 5.01. The van der Waals surface area contributed by atoms with Gasteiger partial charge in [0.05, 0.1) is 11.8 Å². The van der Waals surface area contributed by atoms with Gasteiger partial charge in [0, 0.05) is 7.05 Å². The van der Waals surface area contributed by atoms with E-state index in [1.54, 1.807) is 11.7 Å². The van der Waals surface area contributed by atoms with Gasteiger partial charge < -0.3 is 15.8 Å². The number of thiazole rings is 1. The normalized spacial score (nSPS) is 14.6. The third-order valence-corrected chi connectivity index (χ3v) is 5.91. The molecule has 7 nitrogen and oxygen atoms in total. The number of rotatable bonds is 5. The number of nitrogen functional groups attached to an aromatic ring is 1. The highest BCUT2D eigenvalue weighted by Gasteiger charge is 2.24. The molecule has 2 heterocycles. The van der Waals surface area contributed by atoms with Crippen LogP contribution in [0.15, 0.2) is 24.4 Å². The van der Waals surface area contributed by atoms with E-state index in [9.17, 15) is 13.6 Å². The predicted octanol–water partition coefficient (Wildman–Crippen LogP) is 4.37. The molecule has 0 atom stereocenters. The minimum absolute atomic E-state index is 0.00174. The van der Waals surface area contributed by atoms with Crippen LogP contribution in [-0.2, 0) is 7.05 Å². The smallest absolute Gasteiger partial charge is 0.277 e. The molecule has 0 radical (unpaired) electrons. The molecule has 4 rings (SSSR count). The average molecular weight is 433 g/mol. The maximum atomic E-state index is 14.1. The fraction of sp³-hybridized carbons (Fsp3) is 0.350. The standard InChI is InChI=1S/C20H21F2N5O2S/c1-27-20(29-11-6-3-2-4-7-11)14(10-24-27)25-18(28)16-17(23)30-19(26-16)15-12(21)8-5-9-13(15)22/h5,8-11H,2-4,6-7,23H2,1H3,(H,25,28). The van der Waals surface area contributed by atoms with Crippen molar-refractivity contribution in [3.63, 3.8) is 0 Å². The van der Waals surface area contributed by atoms with Crippen LogP contribution >= 0.6 is 11.3 Å². The maximum absolute atomic E-state index is 14.1. The van der Waals surface area contributed by atoms with E-state index < -0.39 is 17.5 Å². The summed E-state index contributed by atoms with van der Waals surface area (Å²) in [5, 5.41) is 6.91. The van der Waals surface area contributed by atoms with Crippen LogP contribution in [0, 0.1) is 11.6 Å². The Morgan fingerprint density at radius 2 is 1.97 bits per heavy atom. The summed E-state index contributed by atoms with van der Waals surface area (Å²) in [6.45, 7) is 0. The zero-order chi connectivity index (χ0) is 21.3. The van der Waals surface area contributed by atoms with Gasteiger partial charge in [-0.2, -0.15) is 5.10 Å². The number of nitrogens with zero attached hydrogens (tertiary/aromatic N) is 3. The fourth-order valence-corrected chi connectivity index (χ4v) is 4.36. The topological polar surface area (TPSA) is 95.1 Å². The molecule has 1 aliphatic rings. The van der Waals surface area contributed by atoms with E-state index in [-0.39, 0.29) is 27.4 Å². The molecular weight excluding hydrogens is 412 g/mol. The largest absolute Gasteiger partial charge is 0.473 e. The van der Waals surface area contributed by atoms with Crippen molar-refractivity contribution >= 4 is 27.9 Å². The summed E-state index contributed by atoms with van der Waals surface area (Å²) in [4.78, 5) is 16.9. The van der Waals surface area contributed by atoms with Crippen molar-refractivity contribution in [3.05, 3.63) is 41.7 Å². The number of halogens is 2. The van der Waals surface area contributed by atoms with Crippen LogP contribution in [0.4, 0.5) is 19.5 Å². The minimum atomic E-state index is -0.772. The molecule has 1 saturated carbocycles. The van der Waals surface area contributed by atoms with Gasteiger partial charge in [-0.3, -0.25) is 4.79 Å². The second-order valence-electron chi connectivity index (χ2n) is 7.15. The van der Waals surface area contributed by atoms with E-state index in [1.807, 2.05) is 0 Å². The van der Waals surface area contributed by atoms with Crippen molar-refractivity contribution in [2.75, 3.05) is 11.1 Å². The third kappa shape index (κ3) is 4.00. The van der Waals surface area contributed by atoms with Gasteiger partial charge in [0.25, 0.3) is 5.91 Å². The van der Waals surface area contributed by atoms with E-state index in [0.717, 1.165) is 49.2 Å². The zero-order valence-electron chi connectivity index (χ0n) is 16.3. The van der Waals surface area contributed by atoms with E-state index in [2.05, 4.69) is 15.4 Å². The zero-order valence-corrected chi connectivity index (χ0v) is 17.1. The van der Waals surface area contributed by atoms with Crippen molar-refractivity contribution in [2.24, 2.45) is 7.05 Å². The highest BCUT2D eigenvalue weighted by Crippen LogP contribution is 2.34. The molecule has 0 bridgehead atoms. The van der Waals surface area contributed by atoms with Crippen LogP contribution in [0.2, 0.25) is 0 Å². The van der Waals surface area contributed by atoms with Crippen LogP contribution in [-0.4, -0.2) is 26.8 Å². The molecule has 2 aromatic heterocycles. The predicted molar refractivity (Wildman–Crippen MR) is 111 cm³/mol. The summed E-state index contributed by atoms with van der Waals surface area (Å²) in [7, 11) is 1.73. The number of ether oxygens (including phenoxy) is 1. The van der Waals surface area contributed by atoms with Gasteiger partial charge in [-0.15, -0.1) is 0 Å². The fourth-order valence-electron chi connectivity index (χ4n) is 3.48. The molecule has 1 aliphatic carbocycles. The Labute approximate surface area is 175 Å². The number of carbonyl (C=O) groups is 1. The monoisotopic (exact) mass is 433 g/mol. The molecule has 1 amide bonds.